The number of nitrogens with two attached hydrogens (primary N) is 1. The largest absolute Gasteiger partial charge is 0.351 e. The summed E-state index contributed by atoms with van der Waals surface area (Å²) in [4.78, 5) is 23.7. The molecule has 0 radical (unpaired) electrons. The van der Waals surface area contributed by atoms with Crippen molar-refractivity contribution in [1.82, 2.24) is 0 Å². The summed E-state index contributed by atoms with van der Waals surface area (Å²) in [7, 11) is 0. The van der Waals surface area contributed by atoms with Crippen LogP contribution in [0.15, 0.2) is 48.5 Å². The van der Waals surface area contributed by atoms with Crippen molar-refractivity contribution in [2.24, 2.45) is 5.73 Å². The third-order valence-electron chi connectivity index (χ3n) is 4.82. The molecule has 0 aromatic heterocycles. The third-order valence-corrected chi connectivity index (χ3v) is 4.82. The highest BCUT2D eigenvalue weighted by molar-refractivity contribution is 5.90. The van der Waals surface area contributed by atoms with Crippen molar-refractivity contribution in [3.8, 4) is 0 Å². The number of benzene rings is 2. The first-order chi connectivity index (χ1) is 13.5. The van der Waals surface area contributed by atoms with Crippen LogP contribution in [0.1, 0.15) is 56.6 Å². The van der Waals surface area contributed by atoms with Gasteiger partial charge in [0.25, 0.3) is 5.69 Å². The molecule has 0 saturated heterocycles. The van der Waals surface area contributed by atoms with E-state index in [2.05, 4.69) is 6.92 Å². The second kappa shape index (κ2) is 11.1. The average molecular weight is 383 g/mol. The standard InChI is InChI=1S/C22H29N3O3/c1-2-3-4-5-6-7-8-18-9-13-20(14-10-18)24(22(23)26)17-19-11-15-21(16-12-19)25(27)28/h9-16H,2-8,17H2,1H3,(H2,23,26). The van der Waals surface area contributed by atoms with Crippen molar-refractivity contribution in [2.75, 3.05) is 4.90 Å². The van der Waals surface area contributed by atoms with E-state index in [1.54, 1.807) is 12.1 Å². The van der Waals surface area contributed by atoms with Crippen molar-refractivity contribution in [2.45, 2.75) is 58.4 Å². The van der Waals surface area contributed by atoms with Crippen molar-refractivity contribution in [1.29, 1.82) is 0 Å². The molecule has 6 nitrogen and oxygen atoms in total. The number of aryl methyl sites for hydroxylation is 1. The lowest BCUT2D eigenvalue weighted by Gasteiger charge is -2.21. The fourth-order valence-electron chi connectivity index (χ4n) is 3.15. The number of urea groups is 1. The van der Waals surface area contributed by atoms with Gasteiger partial charge >= 0.3 is 6.03 Å². The highest BCUT2D eigenvalue weighted by Gasteiger charge is 2.14. The number of rotatable bonds is 11. The number of carbonyl (C=O) groups is 1. The van der Waals surface area contributed by atoms with Crippen LogP contribution in [-0.2, 0) is 13.0 Å². The van der Waals surface area contributed by atoms with Crippen LogP contribution in [0.5, 0.6) is 0 Å². The van der Waals surface area contributed by atoms with Gasteiger partial charge in [0.2, 0.25) is 0 Å². The minimum atomic E-state index is -0.554. The van der Waals surface area contributed by atoms with Crippen LogP contribution in [-0.4, -0.2) is 11.0 Å². The molecule has 2 amide bonds. The summed E-state index contributed by atoms with van der Waals surface area (Å²) in [5.74, 6) is 0. The summed E-state index contributed by atoms with van der Waals surface area (Å²) >= 11 is 0. The molecular formula is C22H29N3O3. The molecule has 0 atom stereocenters. The number of primary amides is 1. The van der Waals surface area contributed by atoms with E-state index in [4.69, 9.17) is 5.73 Å². The summed E-state index contributed by atoms with van der Waals surface area (Å²) in [5.41, 5.74) is 8.32. The maximum Gasteiger partial charge on any atom is 0.319 e. The number of nitrogens with zero attached hydrogens (tertiary/aromatic N) is 2. The topological polar surface area (TPSA) is 89.5 Å². The summed E-state index contributed by atoms with van der Waals surface area (Å²) in [6.45, 7) is 2.49. The normalized spacial score (nSPS) is 10.6. The Balaban J connectivity index is 1.94. The summed E-state index contributed by atoms with van der Waals surface area (Å²) in [5, 5.41) is 10.8. The summed E-state index contributed by atoms with van der Waals surface area (Å²) in [6.07, 6.45) is 8.62. The quantitative estimate of drug-likeness (QED) is 0.312. The van der Waals surface area contributed by atoms with Crippen molar-refractivity contribution >= 4 is 17.4 Å². The van der Waals surface area contributed by atoms with Gasteiger partial charge in [-0.25, -0.2) is 4.79 Å². The van der Waals surface area contributed by atoms with E-state index in [9.17, 15) is 14.9 Å². The van der Waals surface area contributed by atoms with Gasteiger partial charge < -0.3 is 5.73 Å². The third kappa shape index (κ3) is 6.68. The number of nitro benzene ring substituents is 1. The van der Waals surface area contributed by atoms with E-state index in [1.165, 1.54) is 61.1 Å². The molecule has 0 spiro atoms. The highest BCUT2D eigenvalue weighted by atomic mass is 16.6. The molecule has 2 aromatic carbocycles. The van der Waals surface area contributed by atoms with E-state index in [0.717, 1.165) is 17.7 Å². The van der Waals surface area contributed by atoms with Crippen LogP contribution < -0.4 is 10.6 Å². The zero-order valence-electron chi connectivity index (χ0n) is 16.5. The fraction of sp³-hybridized carbons (Fsp3) is 0.409. The average Bonchev–Trinajstić information content (AvgIpc) is 2.69. The second-order valence-corrected chi connectivity index (χ2v) is 7.03. The van der Waals surface area contributed by atoms with Gasteiger partial charge in [-0.05, 0) is 36.1 Å². The molecule has 0 fully saturated rings. The molecule has 0 heterocycles. The second-order valence-electron chi connectivity index (χ2n) is 7.03. The maximum absolute atomic E-state index is 11.9. The van der Waals surface area contributed by atoms with Gasteiger partial charge in [0.1, 0.15) is 0 Å². The summed E-state index contributed by atoms with van der Waals surface area (Å²) < 4.78 is 0. The molecule has 2 aromatic rings. The molecule has 0 aliphatic heterocycles. The molecule has 0 aliphatic carbocycles. The molecule has 2 N–H and O–H groups in total. The van der Waals surface area contributed by atoms with E-state index in [-0.39, 0.29) is 12.2 Å². The van der Waals surface area contributed by atoms with Crippen molar-refractivity contribution in [3.63, 3.8) is 0 Å². The van der Waals surface area contributed by atoms with Gasteiger partial charge in [0.15, 0.2) is 0 Å². The van der Waals surface area contributed by atoms with Gasteiger partial charge in [0.05, 0.1) is 11.5 Å². The Labute approximate surface area is 166 Å². The van der Waals surface area contributed by atoms with Crippen LogP contribution >= 0.6 is 0 Å². The number of hydrogen-bond acceptors (Lipinski definition) is 3. The number of carbonyl (C=O) groups excluding carboxylic acids is 1. The molecule has 0 unspecified atom stereocenters. The SMILES string of the molecule is CCCCCCCCc1ccc(N(Cc2ccc([N+](=O)[O-])cc2)C(N)=O)cc1. The minimum Gasteiger partial charge on any atom is -0.351 e. The van der Waals surface area contributed by atoms with E-state index < -0.39 is 11.0 Å². The molecule has 150 valence electrons. The van der Waals surface area contributed by atoms with Gasteiger partial charge in [-0.15, -0.1) is 0 Å². The Morgan fingerprint density at radius 1 is 0.929 bits per heavy atom. The molecular weight excluding hydrogens is 354 g/mol. The first kappa shape index (κ1) is 21.4. The van der Waals surface area contributed by atoms with Gasteiger partial charge in [-0.1, -0.05) is 63.3 Å². The predicted molar refractivity (Wildman–Crippen MR) is 112 cm³/mol. The number of unbranched alkanes of at least 4 members (excludes halogenated alkanes) is 5. The Hall–Kier alpha value is -2.89. The molecule has 2 rings (SSSR count). The lowest BCUT2D eigenvalue weighted by Crippen LogP contribution is -2.35. The fourth-order valence-corrected chi connectivity index (χ4v) is 3.15. The van der Waals surface area contributed by atoms with Gasteiger partial charge in [-0.2, -0.15) is 0 Å². The number of anilines is 1. The highest BCUT2D eigenvalue weighted by Crippen LogP contribution is 2.21. The number of hydrogen-bond donors (Lipinski definition) is 1. The van der Waals surface area contributed by atoms with E-state index in [0.29, 0.717) is 0 Å². The first-order valence-corrected chi connectivity index (χ1v) is 9.90. The van der Waals surface area contributed by atoms with Crippen LogP contribution in [0.2, 0.25) is 0 Å². The predicted octanol–water partition coefficient (Wildman–Crippen LogP) is 5.58. The monoisotopic (exact) mass is 383 g/mol. The van der Waals surface area contributed by atoms with Crippen LogP contribution in [0.3, 0.4) is 0 Å². The molecule has 0 aliphatic rings. The molecule has 0 saturated carbocycles. The Morgan fingerprint density at radius 2 is 1.50 bits per heavy atom. The summed E-state index contributed by atoms with van der Waals surface area (Å²) in [6, 6.07) is 13.5. The van der Waals surface area contributed by atoms with Crippen LogP contribution in [0, 0.1) is 10.1 Å². The Kier molecular flexibility index (Phi) is 8.46. The Morgan fingerprint density at radius 3 is 2.07 bits per heavy atom. The number of amides is 2. The molecule has 28 heavy (non-hydrogen) atoms. The minimum absolute atomic E-state index is 0.0217. The number of non-ortho nitro benzene ring substituents is 1. The lowest BCUT2D eigenvalue weighted by atomic mass is 10.0. The van der Waals surface area contributed by atoms with Gasteiger partial charge in [0, 0.05) is 17.8 Å². The lowest BCUT2D eigenvalue weighted by molar-refractivity contribution is -0.384. The molecule has 6 heteroatoms. The smallest absolute Gasteiger partial charge is 0.319 e. The molecule has 0 bridgehead atoms. The number of nitro groups is 1. The zero-order valence-corrected chi connectivity index (χ0v) is 16.5. The zero-order chi connectivity index (χ0) is 20.4. The van der Waals surface area contributed by atoms with E-state index >= 15 is 0 Å². The van der Waals surface area contributed by atoms with Crippen LogP contribution in [0.4, 0.5) is 16.2 Å². The Bertz CT molecular complexity index is 758. The maximum atomic E-state index is 11.9. The van der Waals surface area contributed by atoms with E-state index in [1.807, 2.05) is 24.3 Å². The van der Waals surface area contributed by atoms with Crippen molar-refractivity contribution in [3.05, 3.63) is 69.8 Å². The van der Waals surface area contributed by atoms with Gasteiger partial charge in [-0.3, -0.25) is 15.0 Å². The van der Waals surface area contributed by atoms with Crippen LogP contribution in [0.25, 0.3) is 0 Å². The van der Waals surface area contributed by atoms with Crippen molar-refractivity contribution < 1.29 is 9.72 Å². The first-order valence-electron chi connectivity index (χ1n) is 9.90.